The standard InChI is InChI=1S/C8H14F4O/c1-2-7(9,10)6-8(11,12)4-3-5-13/h13H,2-6H2,1H3. The first-order valence-electron chi connectivity index (χ1n) is 4.19. The predicted octanol–water partition coefficient (Wildman–Crippen LogP) is 2.83. The third-order valence-corrected chi connectivity index (χ3v) is 1.74. The van der Waals surface area contributed by atoms with Crippen LogP contribution in [0.4, 0.5) is 17.6 Å². The molecule has 0 heterocycles. The summed E-state index contributed by atoms with van der Waals surface area (Å²) in [6, 6.07) is 0. The quantitative estimate of drug-likeness (QED) is 0.656. The minimum absolute atomic E-state index is 0.146. The van der Waals surface area contributed by atoms with E-state index in [2.05, 4.69) is 0 Å². The number of halogens is 4. The van der Waals surface area contributed by atoms with E-state index in [-0.39, 0.29) is 6.42 Å². The highest BCUT2D eigenvalue weighted by atomic mass is 19.3. The van der Waals surface area contributed by atoms with Crippen LogP contribution in [0.25, 0.3) is 0 Å². The number of aliphatic hydroxyl groups excluding tert-OH is 1. The molecular weight excluding hydrogens is 188 g/mol. The Kier molecular flexibility index (Phi) is 4.67. The van der Waals surface area contributed by atoms with Crippen LogP contribution in [0, 0.1) is 0 Å². The molecule has 5 heteroatoms. The summed E-state index contributed by atoms with van der Waals surface area (Å²) in [6.45, 7) is 0.773. The molecule has 0 amide bonds. The van der Waals surface area contributed by atoms with Crippen molar-refractivity contribution in [3.05, 3.63) is 0 Å². The first kappa shape index (κ1) is 12.7. The first-order chi connectivity index (χ1) is 5.83. The molecule has 0 spiro atoms. The number of hydrogen-bond acceptors (Lipinski definition) is 1. The highest BCUT2D eigenvalue weighted by Gasteiger charge is 2.41. The van der Waals surface area contributed by atoms with Crippen LogP contribution >= 0.6 is 0 Å². The van der Waals surface area contributed by atoms with E-state index < -0.39 is 37.7 Å². The van der Waals surface area contributed by atoms with Gasteiger partial charge >= 0.3 is 0 Å². The molecule has 0 aromatic rings. The van der Waals surface area contributed by atoms with Crippen molar-refractivity contribution in [1.82, 2.24) is 0 Å². The molecule has 0 aromatic heterocycles. The van der Waals surface area contributed by atoms with Crippen molar-refractivity contribution in [2.75, 3.05) is 6.61 Å². The second-order valence-corrected chi connectivity index (χ2v) is 3.07. The van der Waals surface area contributed by atoms with Gasteiger partial charge < -0.3 is 5.11 Å². The second kappa shape index (κ2) is 4.79. The number of alkyl halides is 4. The van der Waals surface area contributed by atoms with Crippen LogP contribution in [0.15, 0.2) is 0 Å². The molecule has 0 rings (SSSR count). The number of aliphatic hydroxyl groups is 1. The summed E-state index contributed by atoms with van der Waals surface area (Å²) in [5.41, 5.74) is 0. The summed E-state index contributed by atoms with van der Waals surface area (Å²) in [5.74, 6) is -6.68. The van der Waals surface area contributed by atoms with Crippen molar-refractivity contribution in [2.45, 2.75) is 44.5 Å². The maximum absolute atomic E-state index is 12.7. The largest absolute Gasteiger partial charge is 0.396 e. The minimum atomic E-state index is -3.37. The fourth-order valence-corrected chi connectivity index (χ4v) is 0.929. The van der Waals surface area contributed by atoms with E-state index in [1.54, 1.807) is 0 Å². The zero-order valence-corrected chi connectivity index (χ0v) is 7.49. The Morgan fingerprint density at radius 3 is 2.00 bits per heavy atom. The van der Waals surface area contributed by atoms with Crippen LogP contribution in [-0.2, 0) is 0 Å². The van der Waals surface area contributed by atoms with E-state index in [4.69, 9.17) is 5.11 Å². The zero-order chi connectivity index (χ0) is 10.5. The van der Waals surface area contributed by atoms with Crippen molar-refractivity contribution >= 4 is 0 Å². The highest BCUT2D eigenvalue weighted by Crippen LogP contribution is 2.35. The summed E-state index contributed by atoms with van der Waals surface area (Å²) in [7, 11) is 0. The molecule has 80 valence electrons. The van der Waals surface area contributed by atoms with Crippen molar-refractivity contribution in [2.24, 2.45) is 0 Å². The Hall–Kier alpha value is -0.320. The van der Waals surface area contributed by atoms with E-state index in [1.165, 1.54) is 6.92 Å². The van der Waals surface area contributed by atoms with Gasteiger partial charge in [-0.05, 0) is 6.42 Å². The Balaban J connectivity index is 4.00. The molecule has 13 heavy (non-hydrogen) atoms. The van der Waals surface area contributed by atoms with Crippen molar-refractivity contribution < 1.29 is 22.7 Å². The molecular formula is C8H14F4O. The summed E-state index contributed by atoms with van der Waals surface area (Å²) in [6.07, 6.45) is -2.83. The van der Waals surface area contributed by atoms with Crippen LogP contribution in [0.5, 0.6) is 0 Å². The van der Waals surface area contributed by atoms with Gasteiger partial charge in [-0.3, -0.25) is 0 Å². The molecule has 0 atom stereocenters. The summed E-state index contributed by atoms with van der Waals surface area (Å²) < 4.78 is 50.5. The second-order valence-electron chi connectivity index (χ2n) is 3.07. The predicted molar refractivity (Wildman–Crippen MR) is 41.1 cm³/mol. The SMILES string of the molecule is CCC(F)(F)CC(F)(F)CCCO. The summed E-state index contributed by atoms with van der Waals surface area (Å²) in [5, 5.41) is 8.26. The van der Waals surface area contributed by atoms with Crippen LogP contribution in [0.1, 0.15) is 32.6 Å². The molecule has 1 nitrogen and oxygen atoms in total. The molecule has 0 bridgehead atoms. The van der Waals surface area contributed by atoms with Gasteiger partial charge in [0.1, 0.15) is 0 Å². The number of rotatable bonds is 6. The lowest BCUT2D eigenvalue weighted by molar-refractivity contribution is -0.117. The van der Waals surface area contributed by atoms with Gasteiger partial charge in [0.2, 0.25) is 0 Å². The maximum atomic E-state index is 12.7. The van der Waals surface area contributed by atoms with Crippen LogP contribution in [-0.4, -0.2) is 23.6 Å². The monoisotopic (exact) mass is 202 g/mol. The molecule has 0 aliphatic carbocycles. The van der Waals surface area contributed by atoms with Crippen LogP contribution < -0.4 is 0 Å². The average molecular weight is 202 g/mol. The fourth-order valence-electron chi connectivity index (χ4n) is 0.929. The van der Waals surface area contributed by atoms with E-state index in [1.807, 2.05) is 0 Å². The Morgan fingerprint density at radius 1 is 1.08 bits per heavy atom. The van der Waals surface area contributed by atoms with Gasteiger partial charge in [0.15, 0.2) is 0 Å². The molecule has 1 N–H and O–H groups in total. The lowest BCUT2D eigenvalue weighted by Gasteiger charge is -2.21. The average Bonchev–Trinajstić information content (AvgIpc) is 1.99. The first-order valence-corrected chi connectivity index (χ1v) is 4.19. The summed E-state index contributed by atoms with van der Waals surface area (Å²) >= 11 is 0. The Labute approximate surface area is 74.8 Å². The Bertz CT molecular complexity index is 147. The Morgan fingerprint density at radius 2 is 1.62 bits per heavy atom. The summed E-state index contributed by atoms with van der Waals surface area (Å²) in [4.78, 5) is 0. The molecule has 0 aliphatic heterocycles. The molecule has 0 fully saturated rings. The minimum Gasteiger partial charge on any atom is -0.396 e. The highest BCUT2D eigenvalue weighted by molar-refractivity contribution is 4.76. The van der Waals surface area contributed by atoms with E-state index in [0.717, 1.165) is 0 Å². The van der Waals surface area contributed by atoms with E-state index >= 15 is 0 Å². The van der Waals surface area contributed by atoms with E-state index in [9.17, 15) is 17.6 Å². The molecule has 0 radical (unpaired) electrons. The van der Waals surface area contributed by atoms with Gasteiger partial charge in [-0.25, -0.2) is 17.6 Å². The van der Waals surface area contributed by atoms with Crippen molar-refractivity contribution in [3.8, 4) is 0 Å². The van der Waals surface area contributed by atoms with Crippen molar-refractivity contribution in [3.63, 3.8) is 0 Å². The van der Waals surface area contributed by atoms with Crippen LogP contribution in [0.2, 0.25) is 0 Å². The lowest BCUT2D eigenvalue weighted by atomic mass is 10.0. The third-order valence-electron chi connectivity index (χ3n) is 1.74. The molecule has 0 aliphatic rings. The van der Waals surface area contributed by atoms with Crippen LogP contribution in [0.3, 0.4) is 0 Å². The maximum Gasteiger partial charge on any atom is 0.254 e. The number of hydrogen-bond donors (Lipinski definition) is 1. The van der Waals surface area contributed by atoms with E-state index in [0.29, 0.717) is 0 Å². The molecule has 0 aromatic carbocycles. The third kappa shape index (κ3) is 5.85. The molecule has 0 saturated carbocycles. The lowest BCUT2D eigenvalue weighted by Crippen LogP contribution is -2.28. The fraction of sp³-hybridized carbons (Fsp3) is 1.00. The zero-order valence-electron chi connectivity index (χ0n) is 7.49. The van der Waals surface area contributed by atoms with Gasteiger partial charge in [0, 0.05) is 19.4 Å². The van der Waals surface area contributed by atoms with Gasteiger partial charge in [0.05, 0.1) is 6.42 Å². The smallest absolute Gasteiger partial charge is 0.254 e. The molecule has 0 unspecified atom stereocenters. The van der Waals surface area contributed by atoms with Gasteiger partial charge in [-0.15, -0.1) is 0 Å². The van der Waals surface area contributed by atoms with Gasteiger partial charge in [-0.1, -0.05) is 6.92 Å². The van der Waals surface area contributed by atoms with Gasteiger partial charge in [0.25, 0.3) is 11.8 Å². The van der Waals surface area contributed by atoms with Crippen molar-refractivity contribution in [1.29, 1.82) is 0 Å². The van der Waals surface area contributed by atoms with Gasteiger partial charge in [-0.2, -0.15) is 0 Å². The molecule has 0 saturated heterocycles. The normalized spacial score (nSPS) is 13.4. The topological polar surface area (TPSA) is 20.2 Å².